The van der Waals surface area contributed by atoms with Crippen LogP contribution in [0.2, 0.25) is 0 Å². The van der Waals surface area contributed by atoms with Gasteiger partial charge in [-0.15, -0.1) is 0 Å². The molecule has 246 valence electrons. The van der Waals surface area contributed by atoms with Crippen molar-refractivity contribution in [2.45, 2.75) is 50.7 Å². The smallest absolute Gasteiger partial charge is 0.251 e. The minimum atomic E-state index is -1.26. The molecule has 1 N–H and O–H groups in total. The number of rotatable bonds is 15. The molecule has 47 heavy (non-hydrogen) atoms. The van der Waals surface area contributed by atoms with Gasteiger partial charge in [0.15, 0.2) is 0 Å². The fourth-order valence-corrected chi connectivity index (χ4v) is 6.44. The zero-order chi connectivity index (χ0) is 33.0. The number of benzene rings is 3. The highest BCUT2D eigenvalue weighted by Crippen LogP contribution is 2.34. The molecule has 1 aliphatic heterocycles. The first-order valence-corrected chi connectivity index (χ1v) is 17.7. The third-order valence-corrected chi connectivity index (χ3v) is 9.18. The maximum atomic E-state index is 13.6. The molecule has 0 radical (unpaired) electrons. The van der Waals surface area contributed by atoms with Gasteiger partial charge in [-0.25, -0.2) is 0 Å². The molecule has 0 fully saturated rings. The van der Waals surface area contributed by atoms with Gasteiger partial charge in [0.2, 0.25) is 0 Å². The number of carbonyl (C=O) groups excluding carboxylic acids is 1. The molecule has 5 rings (SSSR count). The zero-order valence-electron chi connectivity index (χ0n) is 27.5. The molecule has 1 aromatic heterocycles. The number of hydrogen-bond donors (Lipinski definition) is 1. The largest absolute Gasteiger partial charge is 0.491 e. The van der Waals surface area contributed by atoms with Gasteiger partial charge in [0.1, 0.15) is 12.4 Å². The molecule has 1 atom stereocenters. The van der Waals surface area contributed by atoms with E-state index in [9.17, 15) is 9.00 Å². The first-order chi connectivity index (χ1) is 22.9. The summed E-state index contributed by atoms with van der Waals surface area (Å²) in [6, 6.07) is 21.8. The van der Waals surface area contributed by atoms with E-state index in [0.29, 0.717) is 41.8 Å². The topological polar surface area (TPSA) is 93.6 Å². The lowest BCUT2D eigenvalue weighted by molar-refractivity contribution is -0.112. The summed E-state index contributed by atoms with van der Waals surface area (Å²) in [5.41, 5.74) is 6.34. The number of nitrogens with zero attached hydrogens (tertiary/aromatic N) is 3. The molecular weight excluding hydrogens is 609 g/mol. The Morgan fingerprint density at radius 1 is 0.979 bits per heavy atom. The van der Waals surface area contributed by atoms with Gasteiger partial charge in [0.25, 0.3) is 5.91 Å². The normalized spacial score (nSPS) is 13.4. The second-order valence-electron chi connectivity index (χ2n) is 12.0. The van der Waals surface area contributed by atoms with E-state index < -0.39 is 10.8 Å². The number of unbranched alkanes of at least 4 members (excludes halogenated alkanes) is 1. The average Bonchev–Trinajstić information content (AvgIpc) is 3.26. The predicted octanol–water partition coefficient (Wildman–Crippen LogP) is 7.54. The number of aromatic nitrogens is 2. The number of ether oxygens (including phenoxy) is 2. The third kappa shape index (κ3) is 9.83. The van der Waals surface area contributed by atoms with Gasteiger partial charge in [0, 0.05) is 60.1 Å². The van der Waals surface area contributed by atoms with Crippen LogP contribution in [0.5, 0.6) is 5.75 Å². The second kappa shape index (κ2) is 17.0. The Hall–Kier alpha value is -4.34. The molecule has 0 aliphatic carbocycles. The fourth-order valence-electron chi connectivity index (χ4n) is 5.42. The Morgan fingerprint density at radius 2 is 1.77 bits per heavy atom. The first kappa shape index (κ1) is 34.0. The maximum absolute atomic E-state index is 13.6. The summed E-state index contributed by atoms with van der Waals surface area (Å²) in [6.07, 6.45) is 9.64. The maximum Gasteiger partial charge on any atom is 0.251 e. The highest BCUT2D eigenvalue weighted by atomic mass is 32.2. The third-order valence-electron chi connectivity index (χ3n) is 7.82. The zero-order valence-corrected chi connectivity index (χ0v) is 28.3. The Labute approximate surface area is 280 Å². The molecule has 2 heterocycles. The fraction of sp³-hybridized carbons (Fsp3) is 0.342. The van der Waals surface area contributed by atoms with Crippen molar-refractivity contribution in [3.05, 3.63) is 102 Å². The van der Waals surface area contributed by atoms with Crippen LogP contribution in [0, 0.1) is 5.92 Å². The predicted molar refractivity (Wildman–Crippen MR) is 190 cm³/mol. The molecule has 8 nitrogen and oxygen atoms in total. The van der Waals surface area contributed by atoms with Crippen LogP contribution >= 0.6 is 0 Å². The van der Waals surface area contributed by atoms with Crippen LogP contribution in [-0.4, -0.2) is 53.0 Å². The van der Waals surface area contributed by atoms with Crippen molar-refractivity contribution in [2.75, 3.05) is 43.1 Å². The molecule has 1 unspecified atom stereocenters. The van der Waals surface area contributed by atoms with Gasteiger partial charge in [-0.05, 0) is 90.1 Å². The van der Waals surface area contributed by atoms with Gasteiger partial charge in [-0.2, -0.15) is 0 Å². The van der Waals surface area contributed by atoms with E-state index in [4.69, 9.17) is 9.47 Å². The summed E-state index contributed by atoms with van der Waals surface area (Å²) in [7, 11) is -1.26. The van der Waals surface area contributed by atoms with Crippen molar-refractivity contribution in [3.63, 3.8) is 0 Å². The first-order valence-electron chi connectivity index (χ1n) is 16.3. The van der Waals surface area contributed by atoms with Crippen LogP contribution in [0.1, 0.15) is 51.3 Å². The van der Waals surface area contributed by atoms with Gasteiger partial charge in [-0.1, -0.05) is 45.4 Å². The minimum Gasteiger partial charge on any atom is -0.491 e. The number of hydrogen-bond acceptors (Lipinski definition) is 7. The summed E-state index contributed by atoms with van der Waals surface area (Å²) in [5, 5.41) is 3.06. The standard InChI is InChI=1S/C38H44N4O4S/c1-4-5-20-45-21-22-46-35-11-6-29(7-12-35)30-8-15-37-32(23-30)24-31(16-19-42(37)26-28(2)3)38(43)41-33-9-13-36(14-10-33)47(44)27-34-25-39-17-18-40-34/h6-15,17-18,23-25,28H,4-5,16,19-22,26-27H2,1-3H3,(H,41,43). The Kier molecular flexibility index (Phi) is 12.3. The van der Waals surface area contributed by atoms with E-state index in [0.717, 1.165) is 66.2 Å². The monoisotopic (exact) mass is 652 g/mol. The van der Waals surface area contributed by atoms with Crippen molar-refractivity contribution >= 4 is 34.2 Å². The Bertz CT molecular complexity index is 1660. The van der Waals surface area contributed by atoms with E-state index in [1.165, 1.54) is 0 Å². The lowest BCUT2D eigenvalue weighted by Gasteiger charge is -2.27. The van der Waals surface area contributed by atoms with Gasteiger partial charge < -0.3 is 19.7 Å². The highest BCUT2D eigenvalue weighted by molar-refractivity contribution is 7.84. The molecule has 0 bridgehead atoms. The molecule has 1 aliphatic rings. The van der Waals surface area contributed by atoms with Crippen LogP contribution in [0.4, 0.5) is 11.4 Å². The summed E-state index contributed by atoms with van der Waals surface area (Å²) >= 11 is 0. The summed E-state index contributed by atoms with van der Waals surface area (Å²) in [4.78, 5) is 24.9. The van der Waals surface area contributed by atoms with Gasteiger partial charge in [-0.3, -0.25) is 19.0 Å². The average molecular weight is 653 g/mol. The molecule has 0 spiro atoms. The van der Waals surface area contributed by atoms with Gasteiger partial charge in [0.05, 0.1) is 28.9 Å². The van der Waals surface area contributed by atoms with Crippen molar-refractivity contribution in [1.82, 2.24) is 9.97 Å². The van der Waals surface area contributed by atoms with Crippen LogP contribution in [0.25, 0.3) is 17.2 Å². The van der Waals surface area contributed by atoms with Gasteiger partial charge >= 0.3 is 0 Å². The lowest BCUT2D eigenvalue weighted by atomic mass is 10.00. The molecular formula is C38H44N4O4S. The van der Waals surface area contributed by atoms with Crippen LogP contribution < -0.4 is 15.0 Å². The van der Waals surface area contributed by atoms with E-state index in [2.05, 4.69) is 71.3 Å². The highest BCUT2D eigenvalue weighted by Gasteiger charge is 2.21. The number of anilines is 2. The number of fused-ring (bicyclic) bond motifs is 1. The molecule has 4 aromatic rings. The number of carbonyl (C=O) groups is 1. The molecule has 0 saturated heterocycles. The van der Waals surface area contributed by atoms with Crippen LogP contribution in [0.15, 0.2) is 95.8 Å². The van der Waals surface area contributed by atoms with E-state index >= 15 is 0 Å². The number of nitrogens with one attached hydrogen (secondary N) is 1. The number of amides is 1. The van der Waals surface area contributed by atoms with Crippen LogP contribution in [-0.2, 0) is 26.1 Å². The quantitative estimate of drug-likeness (QED) is 0.133. The van der Waals surface area contributed by atoms with Crippen molar-refractivity contribution in [1.29, 1.82) is 0 Å². The van der Waals surface area contributed by atoms with Crippen molar-refractivity contribution in [3.8, 4) is 16.9 Å². The Morgan fingerprint density at radius 3 is 2.49 bits per heavy atom. The summed E-state index contributed by atoms with van der Waals surface area (Å²) in [5.74, 6) is 1.43. The molecule has 1 amide bonds. The van der Waals surface area contributed by atoms with Crippen molar-refractivity contribution in [2.24, 2.45) is 5.92 Å². The van der Waals surface area contributed by atoms with E-state index in [-0.39, 0.29) is 11.7 Å². The molecule has 3 aromatic carbocycles. The minimum absolute atomic E-state index is 0.138. The van der Waals surface area contributed by atoms with Crippen LogP contribution in [0.3, 0.4) is 0 Å². The summed E-state index contributed by atoms with van der Waals surface area (Å²) in [6.45, 7) is 10.1. The van der Waals surface area contributed by atoms with Crippen molar-refractivity contribution < 1.29 is 18.5 Å². The molecule has 0 saturated carbocycles. The lowest BCUT2D eigenvalue weighted by Crippen LogP contribution is -2.29. The van der Waals surface area contributed by atoms with E-state index in [1.54, 1.807) is 42.9 Å². The summed E-state index contributed by atoms with van der Waals surface area (Å²) < 4.78 is 24.3. The van der Waals surface area contributed by atoms with E-state index in [1.807, 2.05) is 18.2 Å². The SMILES string of the molecule is CCCCOCCOc1ccc(-c2ccc3c(c2)C=C(C(=O)Nc2ccc(S(=O)Cc4cnccn4)cc2)CCN3CC(C)C)cc1. The molecule has 9 heteroatoms. The Balaban J connectivity index is 1.28. The second-order valence-corrected chi connectivity index (χ2v) is 13.5.